The van der Waals surface area contributed by atoms with Crippen molar-refractivity contribution in [2.75, 3.05) is 57.4 Å². The van der Waals surface area contributed by atoms with E-state index in [0.717, 1.165) is 51.4 Å². The molecule has 0 aromatic carbocycles. The van der Waals surface area contributed by atoms with Crippen LogP contribution in [-0.4, -0.2) is 85.5 Å². The lowest BCUT2D eigenvalue weighted by Crippen LogP contribution is -2.55. The molecule has 7 nitrogen and oxygen atoms in total. The summed E-state index contributed by atoms with van der Waals surface area (Å²) >= 11 is 0. The third kappa shape index (κ3) is 4.00. The van der Waals surface area contributed by atoms with Gasteiger partial charge in [-0.25, -0.2) is 4.98 Å². The maximum Gasteiger partial charge on any atom is 0.236 e. The fourth-order valence-electron chi connectivity index (χ4n) is 4.12. The van der Waals surface area contributed by atoms with Crippen molar-refractivity contribution in [3.63, 3.8) is 0 Å². The molecule has 0 N–H and O–H groups in total. The van der Waals surface area contributed by atoms with Crippen LogP contribution in [0.15, 0.2) is 24.4 Å². The lowest BCUT2D eigenvalue weighted by molar-refractivity contribution is -0.140. The molecule has 3 aliphatic rings. The Labute approximate surface area is 154 Å². The summed E-state index contributed by atoms with van der Waals surface area (Å²) in [6, 6.07) is 6.17. The highest BCUT2D eigenvalue weighted by Gasteiger charge is 2.35. The standard InChI is InChI=1S/C19H28N4O3/c24-18(15-23-8-4-2-5-16(23)19-25-13-14-26-19)22-11-9-21(10-12-22)17-6-1-3-7-20-17/h1,3,6-7,16,19H,2,4-5,8-15H2. The number of nitrogens with zero attached hydrogens (tertiary/aromatic N) is 4. The van der Waals surface area contributed by atoms with E-state index in [1.165, 1.54) is 6.42 Å². The second kappa shape index (κ2) is 8.33. The molecule has 3 saturated heterocycles. The Hall–Kier alpha value is -1.70. The summed E-state index contributed by atoms with van der Waals surface area (Å²) in [5, 5.41) is 0. The lowest BCUT2D eigenvalue weighted by atomic mass is 10.0. The van der Waals surface area contributed by atoms with E-state index in [0.29, 0.717) is 19.8 Å². The van der Waals surface area contributed by atoms with Crippen LogP contribution < -0.4 is 4.90 Å². The number of ether oxygens (including phenoxy) is 2. The molecule has 0 saturated carbocycles. The van der Waals surface area contributed by atoms with E-state index in [-0.39, 0.29) is 18.2 Å². The first kappa shape index (κ1) is 17.7. The molecular formula is C19H28N4O3. The van der Waals surface area contributed by atoms with Gasteiger partial charge in [0.25, 0.3) is 0 Å². The van der Waals surface area contributed by atoms with Gasteiger partial charge in [-0.2, -0.15) is 0 Å². The van der Waals surface area contributed by atoms with Crippen LogP contribution >= 0.6 is 0 Å². The molecule has 26 heavy (non-hydrogen) atoms. The molecule has 0 aliphatic carbocycles. The molecule has 1 aromatic rings. The summed E-state index contributed by atoms with van der Waals surface area (Å²) in [4.78, 5) is 23.7. The molecule has 1 amide bonds. The number of amides is 1. The number of aromatic nitrogens is 1. The van der Waals surface area contributed by atoms with Gasteiger partial charge in [-0.3, -0.25) is 9.69 Å². The van der Waals surface area contributed by atoms with Gasteiger partial charge in [0.1, 0.15) is 5.82 Å². The second-order valence-electron chi connectivity index (χ2n) is 7.20. The predicted octanol–water partition coefficient (Wildman–Crippen LogP) is 0.958. The molecule has 0 spiro atoms. The van der Waals surface area contributed by atoms with Gasteiger partial charge in [-0.1, -0.05) is 12.5 Å². The molecule has 4 rings (SSSR count). The zero-order valence-electron chi connectivity index (χ0n) is 15.3. The van der Waals surface area contributed by atoms with Crippen molar-refractivity contribution in [2.45, 2.75) is 31.6 Å². The number of piperazine rings is 1. The smallest absolute Gasteiger partial charge is 0.236 e. The summed E-state index contributed by atoms with van der Waals surface area (Å²) in [7, 11) is 0. The normalized spacial score (nSPS) is 25.6. The van der Waals surface area contributed by atoms with E-state index in [4.69, 9.17) is 9.47 Å². The molecule has 0 bridgehead atoms. The minimum atomic E-state index is -0.163. The first-order chi connectivity index (χ1) is 12.8. The number of piperidine rings is 1. The number of hydrogen-bond acceptors (Lipinski definition) is 6. The number of hydrogen-bond donors (Lipinski definition) is 0. The molecule has 3 aliphatic heterocycles. The van der Waals surface area contributed by atoms with Crippen LogP contribution in [-0.2, 0) is 14.3 Å². The average molecular weight is 360 g/mol. The quantitative estimate of drug-likeness (QED) is 0.797. The van der Waals surface area contributed by atoms with Gasteiger partial charge in [0.15, 0.2) is 6.29 Å². The Morgan fingerprint density at radius 1 is 1.08 bits per heavy atom. The van der Waals surface area contributed by atoms with Crippen LogP contribution in [0.1, 0.15) is 19.3 Å². The highest BCUT2D eigenvalue weighted by atomic mass is 16.7. The fraction of sp³-hybridized carbons (Fsp3) is 0.684. The Bertz CT molecular complexity index is 586. The van der Waals surface area contributed by atoms with Gasteiger partial charge < -0.3 is 19.3 Å². The van der Waals surface area contributed by atoms with Gasteiger partial charge in [0, 0.05) is 32.4 Å². The number of likely N-dealkylation sites (tertiary alicyclic amines) is 1. The fourth-order valence-corrected chi connectivity index (χ4v) is 4.12. The molecule has 3 fully saturated rings. The SMILES string of the molecule is O=C(CN1CCCCC1C1OCCO1)N1CCN(c2ccccn2)CC1. The highest BCUT2D eigenvalue weighted by molar-refractivity contribution is 5.78. The van der Waals surface area contributed by atoms with E-state index < -0.39 is 0 Å². The molecule has 0 radical (unpaired) electrons. The lowest BCUT2D eigenvalue weighted by Gasteiger charge is -2.40. The second-order valence-corrected chi connectivity index (χ2v) is 7.20. The van der Waals surface area contributed by atoms with Crippen molar-refractivity contribution in [3.05, 3.63) is 24.4 Å². The highest BCUT2D eigenvalue weighted by Crippen LogP contribution is 2.24. The van der Waals surface area contributed by atoms with Crippen LogP contribution in [0, 0.1) is 0 Å². The monoisotopic (exact) mass is 360 g/mol. The Balaban J connectivity index is 1.30. The Morgan fingerprint density at radius 3 is 2.62 bits per heavy atom. The van der Waals surface area contributed by atoms with Crippen molar-refractivity contribution in [1.29, 1.82) is 0 Å². The van der Waals surface area contributed by atoms with Crippen molar-refractivity contribution >= 4 is 11.7 Å². The molecule has 1 atom stereocenters. The van der Waals surface area contributed by atoms with Gasteiger partial charge in [0.2, 0.25) is 5.91 Å². The van der Waals surface area contributed by atoms with E-state index in [9.17, 15) is 4.79 Å². The summed E-state index contributed by atoms with van der Waals surface area (Å²) in [5.41, 5.74) is 0. The number of carbonyl (C=O) groups excluding carboxylic acids is 1. The largest absolute Gasteiger partial charge is 0.353 e. The van der Waals surface area contributed by atoms with Gasteiger partial charge in [-0.15, -0.1) is 0 Å². The van der Waals surface area contributed by atoms with E-state index in [1.54, 1.807) is 0 Å². The van der Waals surface area contributed by atoms with Crippen molar-refractivity contribution in [1.82, 2.24) is 14.8 Å². The minimum Gasteiger partial charge on any atom is -0.353 e. The van der Waals surface area contributed by atoms with Crippen LogP contribution in [0.25, 0.3) is 0 Å². The topological polar surface area (TPSA) is 58.1 Å². The van der Waals surface area contributed by atoms with E-state index >= 15 is 0 Å². The third-order valence-corrected chi connectivity index (χ3v) is 5.57. The first-order valence-corrected chi connectivity index (χ1v) is 9.72. The van der Waals surface area contributed by atoms with E-state index in [1.807, 2.05) is 29.3 Å². The van der Waals surface area contributed by atoms with Crippen LogP contribution in [0.3, 0.4) is 0 Å². The molecule has 4 heterocycles. The van der Waals surface area contributed by atoms with Crippen molar-refractivity contribution < 1.29 is 14.3 Å². The maximum absolute atomic E-state index is 12.8. The van der Waals surface area contributed by atoms with Crippen LogP contribution in [0.4, 0.5) is 5.82 Å². The zero-order valence-corrected chi connectivity index (χ0v) is 15.3. The zero-order chi connectivity index (χ0) is 17.8. The third-order valence-electron chi connectivity index (χ3n) is 5.57. The Kier molecular flexibility index (Phi) is 5.67. The number of rotatable bonds is 4. The first-order valence-electron chi connectivity index (χ1n) is 9.72. The number of anilines is 1. The van der Waals surface area contributed by atoms with Gasteiger partial charge in [-0.05, 0) is 31.5 Å². The molecular weight excluding hydrogens is 332 g/mol. The van der Waals surface area contributed by atoms with Crippen molar-refractivity contribution in [2.24, 2.45) is 0 Å². The number of carbonyl (C=O) groups is 1. The van der Waals surface area contributed by atoms with Crippen LogP contribution in [0.2, 0.25) is 0 Å². The Morgan fingerprint density at radius 2 is 1.88 bits per heavy atom. The molecule has 7 heteroatoms. The van der Waals surface area contributed by atoms with Crippen LogP contribution in [0.5, 0.6) is 0 Å². The maximum atomic E-state index is 12.8. The van der Waals surface area contributed by atoms with Gasteiger partial charge >= 0.3 is 0 Å². The summed E-state index contributed by atoms with van der Waals surface area (Å²) in [6.07, 6.45) is 5.02. The molecule has 1 aromatic heterocycles. The molecule has 142 valence electrons. The molecule has 1 unspecified atom stereocenters. The summed E-state index contributed by atoms with van der Waals surface area (Å²) in [6.45, 7) is 5.93. The summed E-state index contributed by atoms with van der Waals surface area (Å²) in [5.74, 6) is 1.21. The summed E-state index contributed by atoms with van der Waals surface area (Å²) < 4.78 is 11.4. The predicted molar refractivity (Wildman–Crippen MR) is 97.9 cm³/mol. The van der Waals surface area contributed by atoms with Crippen molar-refractivity contribution in [3.8, 4) is 0 Å². The van der Waals surface area contributed by atoms with E-state index in [2.05, 4.69) is 14.8 Å². The van der Waals surface area contributed by atoms with Gasteiger partial charge in [0.05, 0.1) is 25.8 Å². The minimum absolute atomic E-state index is 0.163. The average Bonchev–Trinajstić information content (AvgIpc) is 3.24. The number of pyridine rings is 1.